The zero-order valence-corrected chi connectivity index (χ0v) is 12.3. The van der Waals surface area contributed by atoms with E-state index in [-0.39, 0.29) is 11.9 Å². The van der Waals surface area contributed by atoms with Gasteiger partial charge in [0.05, 0.1) is 2.88 Å². The van der Waals surface area contributed by atoms with E-state index in [0.717, 1.165) is 12.8 Å². The number of hydrogen-bond acceptors (Lipinski definition) is 3. The fourth-order valence-electron chi connectivity index (χ4n) is 1.26. The van der Waals surface area contributed by atoms with Crippen LogP contribution in [0.3, 0.4) is 0 Å². The van der Waals surface area contributed by atoms with E-state index in [2.05, 4.69) is 40.0 Å². The number of nitrogens with two attached hydrogens (primary N) is 1. The summed E-state index contributed by atoms with van der Waals surface area (Å²) in [5.41, 5.74) is 5.58. The van der Waals surface area contributed by atoms with Gasteiger partial charge in [-0.15, -0.1) is 11.3 Å². The Hall–Kier alpha value is -0.140. The molecule has 3 N–H and O–H groups in total. The Balaban J connectivity index is 2.13. The normalized spacial score (nSPS) is 12.4. The Bertz CT molecular complexity index is 338. The highest BCUT2D eigenvalue weighted by molar-refractivity contribution is 14.1. The molecular formula is C11H17IN2OS. The van der Waals surface area contributed by atoms with Crippen molar-refractivity contribution in [1.29, 1.82) is 0 Å². The van der Waals surface area contributed by atoms with Gasteiger partial charge in [-0.2, -0.15) is 0 Å². The first-order valence-corrected chi connectivity index (χ1v) is 7.24. The molecule has 0 saturated heterocycles. The Labute approximate surface area is 114 Å². The number of rotatable bonds is 6. The number of hydrogen-bond donors (Lipinski definition) is 2. The molecule has 1 rings (SSSR count). The van der Waals surface area contributed by atoms with Gasteiger partial charge in [0.2, 0.25) is 5.91 Å². The molecule has 0 aliphatic carbocycles. The zero-order chi connectivity index (χ0) is 12.0. The van der Waals surface area contributed by atoms with Crippen molar-refractivity contribution in [2.75, 3.05) is 6.54 Å². The number of thiophene rings is 1. The van der Waals surface area contributed by atoms with Crippen LogP contribution in [0.4, 0.5) is 0 Å². The number of carbonyl (C=O) groups excluding carboxylic acids is 1. The van der Waals surface area contributed by atoms with Gasteiger partial charge in [-0.1, -0.05) is 0 Å². The standard InChI is InChI=1S/C11H17IN2OS/c1-8(13)2-5-11(15)14-7-6-9-3-4-10(12)16-9/h3-4,8H,2,5-7,13H2,1H3,(H,14,15). The zero-order valence-electron chi connectivity index (χ0n) is 9.33. The number of amides is 1. The maximum atomic E-state index is 11.4. The van der Waals surface area contributed by atoms with Crippen LogP contribution in [-0.2, 0) is 11.2 Å². The quantitative estimate of drug-likeness (QED) is 0.771. The molecule has 1 heterocycles. The molecule has 1 aromatic heterocycles. The van der Waals surface area contributed by atoms with Crippen molar-refractivity contribution in [2.24, 2.45) is 5.73 Å². The van der Waals surface area contributed by atoms with Crippen LogP contribution in [0.1, 0.15) is 24.6 Å². The first-order valence-electron chi connectivity index (χ1n) is 5.34. The first-order chi connectivity index (χ1) is 7.58. The van der Waals surface area contributed by atoms with Crippen molar-refractivity contribution in [2.45, 2.75) is 32.2 Å². The number of halogens is 1. The van der Waals surface area contributed by atoms with Crippen molar-refractivity contribution < 1.29 is 4.79 Å². The molecule has 0 bridgehead atoms. The largest absolute Gasteiger partial charge is 0.356 e. The lowest BCUT2D eigenvalue weighted by molar-refractivity contribution is -0.121. The van der Waals surface area contributed by atoms with Crippen molar-refractivity contribution in [3.8, 4) is 0 Å². The highest BCUT2D eigenvalue weighted by atomic mass is 127. The van der Waals surface area contributed by atoms with E-state index in [1.807, 2.05) is 6.92 Å². The van der Waals surface area contributed by atoms with Crippen molar-refractivity contribution in [1.82, 2.24) is 5.32 Å². The lowest BCUT2D eigenvalue weighted by Gasteiger charge is -2.06. The van der Waals surface area contributed by atoms with Crippen LogP contribution in [0, 0.1) is 2.88 Å². The monoisotopic (exact) mass is 352 g/mol. The summed E-state index contributed by atoms with van der Waals surface area (Å²) in [5.74, 6) is 0.101. The summed E-state index contributed by atoms with van der Waals surface area (Å²) in [6, 6.07) is 4.31. The average molecular weight is 352 g/mol. The molecule has 1 unspecified atom stereocenters. The van der Waals surface area contributed by atoms with E-state index in [0.29, 0.717) is 13.0 Å². The van der Waals surface area contributed by atoms with Gasteiger partial charge in [-0.25, -0.2) is 0 Å². The molecule has 0 fully saturated rings. The second-order valence-corrected chi connectivity index (χ2v) is 6.88. The molecule has 16 heavy (non-hydrogen) atoms. The van der Waals surface area contributed by atoms with Gasteiger partial charge in [0, 0.05) is 23.9 Å². The van der Waals surface area contributed by atoms with Gasteiger partial charge in [0.25, 0.3) is 0 Å². The van der Waals surface area contributed by atoms with Crippen LogP contribution < -0.4 is 11.1 Å². The van der Waals surface area contributed by atoms with Gasteiger partial charge in [-0.05, 0) is 54.5 Å². The van der Waals surface area contributed by atoms with E-state index >= 15 is 0 Å². The molecule has 1 amide bonds. The van der Waals surface area contributed by atoms with E-state index in [9.17, 15) is 4.79 Å². The highest BCUT2D eigenvalue weighted by Crippen LogP contribution is 2.18. The van der Waals surface area contributed by atoms with E-state index in [1.165, 1.54) is 7.76 Å². The van der Waals surface area contributed by atoms with Crippen LogP contribution >= 0.6 is 33.9 Å². The van der Waals surface area contributed by atoms with Crippen LogP contribution in [0.5, 0.6) is 0 Å². The summed E-state index contributed by atoms with van der Waals surface area (Å²) in [5, 5.41) is 2.91. The summed E-state index contributed by atoms with van der Waals surface area (Å²) >= 11 is 4.08. The number of nitrogens with one attached hydrogen (secondary N) is 1. The minimum absolute atomic E-state index is 0.101. The van der Waals surface area contributed by atoms with Gasteiger partial charge in [0.15, 0.2) is 0 Å². The smallest absolute Gasteiger partial charge is 0.220 e. The molecule has 0 aromatic carbocycles. The second-order valence-electron chi connectivity index (χ2n) is 3.82. The summed E-state index contributed by atoms with van der Waals surface area (Å²) < 4.78 is 1.29. The van der Waals surface area contributed by atoms with Gasteiger partial charge in [-0.3, -0.25) is 4.79 Å². The lowest BCUT2D eigenvalue weighted by atomic mass is 10.2. The van der Waals surface area contributed by atoms with Crippen LogP contribution in [0.15, 0.2) is 12.1 Å². The molecule has 0 aliphatic rings. The summed E-state index contributed by atoms with van der Waals surface area (Å²) in [7, 11) is 0. The Morgan fingerprint density at radius 1 is 1.62 bits per heavy atom. The molecule has 1 aromatic rings. The highest BCUT2D eigenvalue weighted by Gasteiger charge is 2.03. The minimum Gasteiger partial charge on any atom is -0.356 e. The second kappa shape index (κ2) is 7.24. The van der Waals surface area contributed by atoms with E-state index in [4.69, 9.17) is 5.73 Å². The summed E-state index contributed by atoms with van der Waals surface area (Å²) in [4.78, 5) is 12.7. The van der Waals surface area contributed by atoms with E-state index < -0.39 is 0 Å². The predicted octanol–water partition coefficient (Wildman–Crippen LogP) is 2.14. The van der Waals surface area contributed by atoms with Crippen molar-refractivity contribution in [3.63, 3.8) is 0 Å². The van der Waals surface area contributed by atoms with Crippen LogP contribution in [0.25, 0.3) is 0 Å². The van der Waals surface area contributed by atoms with Gasteiger partial charge < -0.3 is 11.1 Å². The SMILES string of the molecule is CC(N)CCC(=O)NCCc1ccc(I)s1. The molecule has 0 radical (unpaired) electrons. The number of carbonyl (C=O) groups is 1. The predicted molar refractivity (Wildman–Crippen MR) is 76.6 cm³/mol. The maximum absolute atomic E-state index is 11.4. The van der Waals surface area contributed by atoms with Gasteiger partial charge >= 0.3 is 0 Å². The van der Waals surface area contributed by atoms with Crippen LogP contribution in [0.2, 0.25) is 0 Å². The molecule has 1 atom stereocenters. The molecule has 0 saturated carbocycles. The summed E-state index contributed by atoms with van der Waals surface area (Å²) in [6.07, 6.45) is 2.19. The molecule has 0 aliphatic heterocycles. The third-order valence-electron chi connectivity index (χ3n) is 2.15. The maximum Gasteiger partial charge on any atom is 0.220 e. The minimum atomic E-state index is 0.101. The lowest BCUT2D eigenvalue weighted by Crippen LogP contribution is -2.27. The molecule has 0 spiro atoms. The van der Waals surface area contributed by atoms with E-state index in [1.54, 1.807) is 11.3 Å². The Kier molecular flexibility index (Phi) is 6.30. The third kappa shape index (κ3) is 5.81. The molecular weight excluding hydrogens is 335 g/mol. The Morgan fingerprint density at radius 3 is 2.94 bits per heavy atom. The van der Waals surface area contributed by atoms with Crippen molar-refractivity contribution >= 4 is 39.8 Å². The third-order valence-corrected chi connectivity index (χ3v) is 4.10. The Morgan fingerprint density at radius 2 is 2.38 bits per heavy atom. The average Bonchev–Trinajstić information content (AvgIpc) is 2.61. The molecule has 5 heteroatoms. The molecule has 90 valence electrons. The first kappa shape index (κ1) is 13.9. The fraction of sp³-hybridized carbons (Fsp3) is 0.545. The summed E-state index contributed by atoms with van der Waals surface area (Å²) in [6.45, 7) is 2.63. The topological polar surface area (TPSA) is 55.1 Å². The fourth-order valence-corrected chi connectivity index (χ4v) is 3.01. The van der Waals surface area contributed by atoms with Crippen LogP contribution in [-0.4, -0.2) is 18.5 Å². The molecule has 3 nitrogen and oxygen atoms in total. The van der Waals surface area contributed by atoms with Gasteiger partial charge in [0.1, 0.15) is 0 Å². The van der Waals surface area contributed by atoms with Crippen molar-refractivity contribution in [3.05, 3.63) is 19.9 Å².